The molecule has 0 aromatic heterocycles. The fourth-order valence-corrected chi connectivity index (χ4v) is 18.7. The number of fused-ring (bicyclic) bond motifs is 4. The minimum atomic E-state index is -3.15. The minimum absolute atomic E-state index is 0.410. The quantitative estimate of drug-likeness (QED) is 0.211. The summed E-state index contributed by atoms with van der Waals surface area (Å²) in [5.41, 5.74) is 8.06. The van der Waals surface area contributed by atoms with Crippen molar-refractivity contribution < 1.29 is 9.13 Å². The largest absolute Gasteiger partial charge is 0.314 e. The summed E-state index contributed by atoms with van der Waals surface area (Å²) in [6, 6.07) is 41.5. The molecule has 4 heterocycles. The molecule has 2 nitrogen and oxygen atoms in total. The molecular formula is C40H36O2P2. The maximum atomic E-state index is 16.0. The summed E-state index contributed by atoms with van der Waals surface area (Å²) >= 11 is 0. The van der Waals surface area contributed by atoms with Gasteiger partial charge in [0.15, 0.2) is 0 Å². The molecule has 4 atom stereocenters. The van der Waals surface area contributed by atoms with Crippen molar-refractivity contribution in [2.24, 2.45) is 10.8 Å². The predicted molar refractivity (Wildman–Crippen MR) is 186 cm³/mol. The normalized spacial score (nSPS) is 30.7. The molecule has 4 aromatic carbocycles. The van der Waals surface area contributed by atoms with Crippen molar-refractivity contribution in [3.63, 3.8) is 0 Å². The summed E-state index contributed by atoms with van der Waals surface area (Å²) in [4.78, 5) is 0. The average Bonchev–Trinajstić information content (AvgIpc) is 3.60. The Morgan fingerprint density at radius 2 is 0.705 bits per heavy atom. The fraction of sp³-hybridized carbons (Fsp3) is 0.200. The minimum Gasteiger partial charge on any atom is -0.314 e. The van der Waals surface area contributed by atoms with Crippen molar-refractivity contribution >= 4 is 36.1 Å². The molecule has 4 aliphatic heterocycles. The van der Waals surface area contributed by atoms with Gasteiger partial charge in [-0.25, -0.2) is 0 Å². The van der Waals surface area contributed by atoms with Gasteiger partial charge in [-0.05, 0) is 47.2 Å². The second kappa shape index (κ2) is 9.40. The molecule has 0 amide bonds. The second-order valence-corrected chi connectivity index (χ2v) is 18.7. The second-order valence-electron chi connectivity index (χ2n) is 13.3. The highest BCUT2D eigenvalue weighted by Gasteiger charge is 2.66. The Bertz CT molecular complexity index is 1930. The highest BCUT2D eigenvalue weighted by atomic mass is 31.2. The first-order valence-corrected chi connectivity index (χ1v) is 19.3. The van der Waals surface area contributed by atoms with Gasteiger partial charge in [0.05, 0.1) is 0 Å². The van der Waals surface area contributed by atoms with Crippen LogP contribution >= 0.6 is 14.3 Å². The topological polar surface area (TPSA) is 34.1 Å². The van der Waals surface area contributed by atoms with Gasteiger partial charge in [-0.3, -0.25) is 0 Å². The van der Waals surface area contributed by atoms with Gasteiger partial charge in [0.25, 0.3) is 0 Å². The Morgan fingerprint density at radius 1 is 0.432 bits per heavy atom. The van der Waals surface area contributed by atoms with E-state index in [0.717, 1.165) is 54.7 Å². The SMILES string of the molecule is CC1=C(C2=C(C)[C@@]3(C)CP2(=O)C(c2ccccc2)=C3c2ccccc2)P2(=O)C[C@]1(C)C(c1ccccc1)=C2c1ccccc1. The van der Waals surface area contributed by atoms with E-state index in [2.05, 4.69) is 100 Å². The van der Waals surface area contributed by atoms with Crippen LogP contribution in [0.3, 0.4) is 0 Å². The number of hydrogen-bond donors (Lipinski definition) is 0. The van der Waals surface area contributed by atoms with Gasteiger partial charge < -0.3 is 9.13 Å². The van der Waals surface area contributed by atoms with Crippen LogP contribution in [0.1, 0.15) is 49.9 Å². The van der Waals surface area contributed by atoms with Crippen LogP contribution < -0.4 is 0 Å². The van der Waals surface area contributed by atoms with E-state index in [9.17, 15) is 0 Å². The lowest BCUT2D eigenvalue weighted by Gasteiger charge is -2.35. The van der Waals surface area contributed by atoms with E-state index in [1.165, 1.54) is 11.1 Å². The van der Waals surface area contributed by atoms with E-state index in [0.29, 0.717) is 12.3 Å². The Hall–Kier alpha value is -3.70. The van der Waals surface area contributed by atoms with Gasteiger partial charge in [-0.15, -0.1) is 0 Å². The highest BCUT2D eigenvalue weighted by molar-refractivity contribution is 7.85. The third kappa shape index (κ3) is 3.45. The van der Waals surface area contributed by atoms with Crippen LogP contribution in [0, 0.1) is 10.8 Å². The van der Waals surface area contributed by atoms with Gasteiger partial charge in [0, 0.05) is 44.4 Å². The number of hydrogen-bond acceptors (Lipinski definition) is 2. The van der Waals surface area contributed by atoms with Gasteiger partial charge in [0.1, 0.15) is 14.3 Å². The van der Waals surface area contributed by atoms with Crippen molar-refractivity contribution in [1.29, 1.82) is 0 Å². The molecule has 8 rings (SSSR count). The van der Waals surface area contributed by atoms with Gasteiger partial charge in [-0.1, -0.05) is 146 Å². The lowest BCUT2D eigenvalue weighted by Crippen LogP contribution is -2.20. The highest BCUT2D eigenvalue weighted by Crippen LogP contribution is 2.92. The van der Waals surface area contributed by atoms with E-state index in [4.69, 9.17) is 0 Å². The maximum Gasteiger partial charge on any atom is 0.146 e. The van der Waals surface area contributed by atoms with Crippen LogP contribution in [0.5, 0.6) is 0 Å². The third-order valence-electron chi connectivity index (χ3n) is 10.9. The van der Waals surface area contributed by atoms with E-state index in [1.807, 2.05) is 48.5 Å². The van der Waals surface area contributed by atoms with Gasteiger partial charge >= 0.3 is 0 Å². The van der Waals surface area contributed by atoms with Crippen LogP contribution in [0.2, 0.25) is 0 Å². The molecule has 0 radical (unpaired) electrons. The first-order valence-electron chi connectivity index (χ1n) is 15.5. The maximum absolute atomic E-state index is 16.0. The first-order chi connectivity index (χ1) is 21.1. The third-order valence-corrected chi connectivity index (χ3v) is 18.2. The summed E-state index contributed by atoms with van der Waals surface area (Å²) in [5, 5.41) is 3.73. The lowest BCUT2D eigenvalue weighted by molar-refractivity contribution is 0.575. The molecule has 44 heavy (non-hydrogen) atoms. The van der Waals surface area contributed by atoms with Crippen LogP contribution in [0.4, 0.5) is 0 Å². The lowest BCUT2D eigenvalue weighted by atomic mass is 9.72. The summed E-state index contributed by atoms with van der Waals surface area (Å²) < 4.78 is 32.1. The van der Waals surface area contributed by atoms with E-state index in [-0.39, 0.29) is 0 Å². The number of rotatable bonds is 5. The van der Waals surface area contributed by atoms with E-state index >= 15 is 9.13 Å². The zero-order valence-corrected chi connectivity index (χ0v) is 27.5. The van der Waals surface area contributed by atoms with E-state index < -0.39 is 25.1 Å². The molecule has 2 unspecified atom stereocenters. The van der Waals surface area contributed by atoms with Crippen LogP contribution in [-0.4, -0.2) is 12.3 Å². The van der Waals surface area contributed by atoms with Crippen molar-refractivity contribution in [3.05, 3.63) is 165 Å². The Labute approximate surface area is 260 Å². The van der Waals surface area contributed by atoms with Crippen molar-refractivity contribution in [1.82, 2.24) is 0 Å². The predicted octanol–water partition coefficient (Wildman–Crippen LogP) is 11.5. The molecule has 4 bridgehead atoms. The van der Waals surface area contributed by atoms with Crippen molar-refractivity contribution in [2.75, 3.05) is 12.3 Å². The smallest absolute Gasteiger partial charge is 0.146 e. The monoisotopic (exact) mass is 610 g/mol. The zero-order valence-electron chi connectivity index (χ0n) is 25.7. The summed E-state index contributed by atoms with van der Waals surface area (Å²) in [5.74, 6) is 0. The molecule has 4 heteroatoms. The van der Waals surface area contributed by atoms with Gasteiger partial charge in [-0.2, -0.15) is 0 Å². The molecule has 0 fully saturated rings. The van der Waals surface area contributed by atoms with E-state index in [1.54, 1.807) is 0 Å². The molecule has 0 spiro atoms. The molecule has 218 valence electrons. The Balaban J connectivity index is 1.41. The Kier molecular flexibility index (Phi) is 5.95. The standard InChI is InChI=1S/C40H36O2P2/c1-27-35(43(41)25-39(27,3)33(29-17-9-5-10-18-29)37(43)31-21-13-7-14-22-31)36-28(2)40(4)26-44(36,42)38(32-23-15-8-16-24-32)34(40)30-19-11-6-12-20-30/h5-24H,25-26H2,1-4H3/t39-,40+,43?,44?. The van der Waals surface area contributed by atoms with Gasteiger partial charge in [0.2, 0.25) is 0 Å². The number of benzene rings is 4. The molecule has 0 saturated carbocycles. The fourth-order valence-electron chi connectivity index (χ4n) is 8.86. The first kappa shape index (κ1) is 27.8. The number of allylic oxidation sites excluding steroid dienone is 6. The molecule has 0 N–H and O–H groups in total. The molecule has 4 aromatic rings. The van der Waals surface area contributed by atoms with Crippen LogP contribution in [-0.2, 0) is 9.13 Å². The summed E-state index contributed by atoms with van der Waals surface area (Å²) in [7, 11) is -6.31. The summed E-state index contributed by atoms with van der Waals surface area (Å²) in [6.45, 7) is 8.88. The molecule has 4 aliphatic rings. The van der Waals surface area contributed by atoms with Crippen molar-refractivity contribution in [2.45, 2.75) is 27.7 Å². The molecule has 0 aliphatic carbocycles. The average molecular weight is 611 g/mol. The molecule has 0 saturated heterocycles. The zero-order chi connectivity index (χ0) is 30.5. The Morgan fingerprint density at radius 3 is 1.00 bits per heavy atom. The van der Waals surface area contributed by atoms with Crippen LogP contribution in [0.15, 0.2) is 143 Å². The summed E-state index contributed by atoms with van der Waals surface area (Å²) in [6.07, 6.45) is 1.11. The van der Waals surface area contributed by atoms with Crippen molar-refractivity contribution in [3.8, 4) is 0 Å². The van der Waals surface area contributed by atoms with Crippen LogP contribution in [0.25, 0.3) is 21.8 Å². The molecular weight excluding hydrogens is 574 g/mol.